The van der Waals surface area contributed by atoms with E-state index in [0.717, 1.165) is 32.1 Å². The second-order valence-corrected chi connectivity index (χ2v) is 6.02. The molecule has 2 amide bonds. The van der Waals surface area contributed by atoms with E-state index in [2.05, 4.69) is 10.6 Å². The number of ether oxygens (including phenoxy) is 1. The lowest BCUT2D eigenvalue weighted by Gasteiger charge is -2.29. The fraction of sp³-hybridized carbons (Fsp3) is 0.500. The first-order chi connectivity index (χ1) is 11.6. The van der Waals surface area contributed by atoms with Gasteiger partial charge < -0.3 is 15.4 Å². The average molecular weight is 332 g/mol. The van der Waals surface area contributed by atoms with Gasteiger partial charge in [-0.05, 0) is 30.9 Å². The molecule has 1 aliphatic rings. The quantitative estimate of drug-likeness (QED) is 0.776. The molecule has 130 valence electrons. The molecular weight excluding hydrogens is 308 g/mol. The van der Waals surface area contributed by atoms with Crippen molar-refractivity contribution in [1.82, 2.24) is 10.6 Å². The van der Waals surface area contributed by atoms with E-state index >= 15 is 0 Å². The van der Waals surface area contributed by atoms with Crippen molar-refractivity contribution in [2.45, 2.75) is 38.1 Å². The van der Waals surface area contributed by atoms with Crippen LogP contribution < -0.4 is 10.6 Å². The Bertz CT molecular complexity index is 568. The maximum Gasteiger partial charge on any atom is 0.328 e. The van der Waals surface area contributed by atoms with E-state index in [1.807, 2.05) is 6.07 Å². The van der Waals surface area contributed by atoms with Crippen molar-refractivity contribution < 1.29 is 19.1 Å². The molecule has 2 rings (SSSR count). The second kappa shape index (κ2) is 9.05. The van der Waals surface area contributed by atoms with E-state index in [1.165, 1.54) is 7.11 Å². The zero-order valence-electron chi connectivity index (χ0n) is 13.9. The minimum Gasteiger partial charge on any atom is -0.467 e. The van der Waals surface area contributed by atoms with Crippen molar-refractivity contribution in [1.29, 1.82) is 0 Å². The van der Waals surface area contributed by atoms with Crippen molar-refractivity contribution in [2.75, 3.05) is 13.7 Å². The van der Waals surface area contributed by atoms with Gasteiger partial charge in [0.1, 0.15) is 6.04 Å². The summed E-state index contributed by atoms with van der Waals surface area (Å²) in [7, 11) is 1.32. The van der Waals surface area contributed by atoms with Gasteiger partial charge in [-0.1, -0.05) is 37.5 Å². The van der Waals surface area contributed by atoms with Crippen molar-refractivity contribution in [3.05, 3.63) is 35.9 Å². The fourth-order valence-corrected chi connectivity index (χ4v) is 3.04. The Hall–Kier alpha value is -2.37. The van der Waals surface area contributed by atoms with Gasteiger partial charge in [0.2, 0.25) is 5.91 Å². The lowest BCUT2D eigenvalue weighted by Crippen LogP contribution is -2.50. The number of hydrogen-bond donors (Lipinski definition) is 2. The normalized spacial score (nSPS) is 16.0. The number of carbonyl (C=O) groups excluding carboxylic acids is 3. The summed E-state index contributed by atoms with van der Waals surface area (Å²) in [6.45, 7) is -0.173. The van der Waals surface area contributed by atoms with Crippen LogP contribution in [-0.2, 0) is 14.3 Å². The van der Waals surface area contributed by atoms with Gasteiger partial charge in [-0.2, -0.15) is 0 Å². The number of amides is 2. The molecule has 0 spiro atoms. The lowest BCUT2D eigenvalue weighted by molar-refractivity contribution is -0.147. The third-order valence-electron chi connectivity index (χ3n) is 4.34. The average Bonchev–Trinajstić information content (AvgIpc) is 2.65. The summed E-state index contributed by atoms with van der Waals surface area (Å²) in [5.41, 5.74) is 0.488. The second-order valence-electron chi connectivity index (χ2n) is 6.02. The first kappa shape index (κ1) is 18.0. The largest absolute Gasteiger partial charge is 0.467 e. The van der Waals surface area contributed by atoms with Crippen LogP contribution >= 0.6 is 0 Å². The summed E-state index contributed by atoms with van der Waals surface area (Å²) in [5.74, 6) is -1.04. The molecule has 1 fully saturated rings. The Morgan fingerprint density at radius 3 is 2.42 bits per heavy atom. The summed E-state index contributed by atoms with van der Waals surface area (Å²) in [6, 6.07) is 8.03. The zero-order valence-corrected chi connectivity index (χ0v) is 13.9. The highest BCUT2D eigenvalue weighted by Gasteiger charge is 2.31. The zero-order chi connectivity index (χ0) is 17.4. The van der Waals surface area contributed by atoms with E-state index in [4.69, 9.17) is 4.74 Å². The number of hydrogen-bond acceptors (Lipinski definition) is 4. The number of methoxy groups -OCH3 is 1. The number of benzene rings is 1. The minimum absolute atomic E-state index is 0.0972. The molecular formula is C18H24N2O4. The minimum atomic E-state index is -0.642. The van der Waals surface area contributed by atoms with Gasteiger partial charge in [0.05, 0.1) is 13.7 Å². The molecule has 1 atom stereocenters. The molecule has 0 aromatic heterocycles. The maximum absolute atomic E-state index is 12.1. The van der Waals surface area contributed by atoms with E-state index in [0.29, 0.717) is 5.56 Å². The summed E-state index contributed by atoms with van der Waals surface area (Å²) in [5, 5.41) is 5.28. The van der Waals surface area contributed by atoms with Crippen LogP contribution in [0.2, 0.25) is 0 Å². The van der Waals surface area contributed by atoms with Crippen LogP contribution in [-0.4, -0.2) is 37.5 Å². The summed E-state index contributed by atoms with van der Waals surface area (Å²) in [4.78, 5) is 36.0. The molecule has 6 heteroatoms. The Morgan fingerprint density at radius 2 is 1.79 bits per heavy atom. The van der Waals surface area contributed by atoms with E-state index in [9.17, 15) is 14.4 Å². The molecule has 1 aliphatic carbocycles. The number of rotatable bonds is 6. The van der Waals surface area contributed by atoms with Gasteiger partial charge in [-0.3, -0.25) is 9.59 Å². The first-order valence-corrected chi connectivity index (χ1v) is 8.32. The Morgan fingerprint density at radius 1 is 1.12 bits per heavy atom. The first-order valence-electron chi connectivity index (χ1n) is 8.32. The maximum atomic E-state index is 12.1. The molecule has 0 bridgehead atoms. The van der Waals surface area contributed by atoms with Gasteiger partial charge in [-0.25, -0.2) is 4.79 Å². The Labute approximate surface area is 142 Å². The molecule has 1 saturated carbocycles. The highest BCUT2D eigenvalue weighted by molar-refractivity contribution is 5.96. The van der Waals surface area contributed by atoms with Crippen LogP contribution in [0.15, 0.2) is 30.3 Å². The van der Waals surface area contributed by atoms with Crippen molar-refractivity contribution in [3.63, 3.8) is 0 Å². The monoisotopic (exact) mass is 332 g/mol. The molecule has 24 heavy (non-hydrogen) atoms. The number of esters is 1. The standard InChI is InChI=1S/C18H24N2O4/c1-24-18(23)16(13-8-4-2-5-9-13)20-15(21)12-19-17(22)14-10-6-3-7-11-14/h3,6-7,10-11,13,16H,2,4-5,8-9,12H2,1H3,(H,19,22)(H,20,21)/t16-/m0/s1. The predicted octanol–water partition coefficient (Wildman–Crippen LogP) is 1.65. The molecule has 2 N–H and O–H groups in total. The third-order valence-corrected chi connectivity index (χ3v) is 4.34. The number of nitrogens with one attached hydrogen (secondary N) is 2. The van der Waals surface area contributed by atoms with E-state index in [1.54, 1.807) is 24.3 Å². The highest BCUT2D eigenvalue weighted by Crippen LogP contribution is 2.27. The van der Waals surface area contributed by atoms with Gasteiger partial charge in [0, 0.05) is 5.56 Å². The Balaban J connectivity index is 1.88. The fourth-order valence-electron chi connectivity index (χ4n) is 3.04. The summed E-state index contributed by atoms with van der Waals surface area (Å²) >= 11 is 0. The molecule has 6 nitrogen and oxygen atoms in total. The molecule has 0 unspecified atom stereocenters. The Kier molecular flexibility index (Phi) is 6.78. The molecule has 1 aromatic rings. The third kappa shape index (κ3) is 5.08. The van der Waals surface area contributed by atoms with Crippen LogP contribution in [0.5, 0.6) is 0 Å². The van der Waals surface area contributed by atoms with Crippen LogP contribution in [0.3, 0.4) is 0 Å². The SMILES string of the molecule is COC(=O)[C@@H](NC(=O)CNC(=O)c1ccccc1)C1CCCCC1. The van der Waals surface area contributed by atoms with Crippen molar-refractivity contribution >= 4 is 17.8 Å². The lowest BCUT2D eigenvalue weighted by atomic mass is 9.84. The predicted molar refractivity (Wildman–Crippen MR) is 89.3 cm³/mol. The van der Waals surface area contributed by atoms with E-state index < -0.39 is 12.0 Å². The number of carbonyl (C=O) groups is 3. The van der Waals surface area contributed by atoms with Gasteiger partial charge >= 0.3 is 5.97 Å². The molecule has 0 saturated heterocycles. The molecule has 1 aromatic carbocycles. The van der Waals surface area contributed by atoms with Gasteiger partial charge in [0.15, 0.2) is 0 Å². The van der Waals surface area contributed by atoms with Crippen LogP contribution in [0.4, 0.5) is 0 Å². The molecule has 0 aliphatic heterocycles. The smallest absolute Gasteiger partial charge is 0.328 e. The highest BCUT2D eigenvalue weighted by atomic mass is 16.5. The van der Waals surface area contributed by atoms with E-state index in [-0.39, 0.29) is 24.3 Å². The summed E-state index contributed by atoms with van der Waals surface area (Å²) in [6.07, 6.45) is 5.07. The van der Waals surface area contributed by atoms with Gasteiger partial charge in [-0.15, -0.1) is 0 Å². The van der Waals surface area contributed by atoms with Gasteiger partial charge in [0.25, 0.3) is 5.91 Å². The van der Waals surface area contributed by atoms with Crippen LogP contribution in [0.1, 0.15) is 42.5 Å². The van der Waals surface area contributed by atoms with Crippen molar-refractivity contribution in [3.8, 4) is 0 Å². The topological polar surface area (TPSA) is 84.5 Å². The van der Waals surface area contributed by atoms with Crippen LogP contribution in [0.25, 0.3) is 0 Å². The summed E-state index contributed by atoms with van der Waals surface area (Å²) < 4.78 is 4.82. The molecule has 0 heterocycles. The van der Waals surface area contributed by atoms with Crippen molar-refractivity contribution in [2.24, 2.45) is 5.92 Å². The van der Waals surface area contributed by atoms with Crippen LogP contribution in [0, 0.1) is 5.92 Å². The molecule has 0 radical (unpaired) electrons.